The molecule has 29 heavy (non-hydrogen) atoms. The van der Waals surface area contributed by atoms with Gasteiger partial charge in [0, 0.05) is 19.4 Å². The third-order valence-electron chi connectivity index (χ3n) is 4.53. The Bertz CT molecular complexity index is 706. The van der Waals surface area contributed by atoms with Crippen LogP contribution < -0.4 is 14.8 Å². The number of nitrogens with zero attached hydrogens (tertiary/aromatic N) is 1. The molecule has 1 aromatic rings. The van der Waals surface area contributed by atoms with Gasteiger partial charge in [-0.15, -0.1) is 0 Å². The quantitative estimate of drug-likeness (QED) is 0.551. The van der Waals surface area contributed by atoms with Gasteiger partial charge in [0.05, 0.1) is 20.1 Å². The number of hydrogen-bond acceptors (Lipinski definition) is 8. The van der Waals surface area contributed by atoms with Crippen LogP contribution in [0.2, 0.25) is 0 Å². The first-order valence-corrected chi connectivity index (χ1v) is 9.41. The standard InChI is InChI=1S/C20H30N2O7/c1-12(2)13(3)14(4)28-17(24)11-22-20(25)18-19(15(27-6)7-9-21-18)29-16(23)8-10-26-5/h7,9,12-14H,8,10-11H2,1-6H3,(H,22,25). The van der Waals surface area contributed by atoms with E-state index in [1.807, 2.05) is 27.7 Å². The lowest BCUT2D eigenvalue weighted by molar-refractivity contribution is -0.150. The van der Waals surface area contributed by atoms with Crippen LogP contribution in [0.5, 0.6) is 11.5 Å². The van der Waals surface area contributed by atoms with Crippen molar-refractivity contribution in [2.24, 2.45) is 11.8 Å². The number of aromatic nitrogens is 1. The van der Waals surface area contributed by atoms with Gasteiger partial charge in [0.25, 0.3) is 5.91 Å². The van der Waals surface area contributed by atoms with Crippen LogP contribution in [-0.2, 0) is 19.1 Å². The Morgan fingerprint density at radius 2 is 1.79 bits per heavy atom. The predicted octanol–water partition coefficient (Wildman–Crippen LogP) is 1.99. The highest BCUT2D eigenvalue weighted by Gasteiger charge is 2.23. The number of esters is 2. The van der Waals surface area contributed by atoms with Gasteiger partial charge in [-0.2, -0.15) is 0 Å². The smallest absolute Gasteiger partial charge is 0.325 e. The SMILES string of the molecule is COCCC(=O)Oc1c(OC)ccnc1C(=O)NCC(=O)OC(C)C(C)C(C)C. The minimum atomic E-state index is -0.694. The maximum atomic E-state index is 12.5. The molecule has 2 unspecified atom stereocenters. The number of amides is 1. The third-order valence-corrected chi connectivity index (χ3v) is 4.53. The number of nitrogens with one attached hydrogen (secondary N) is 1. The van der Waals surface area contributed by atoms with E-state index >= 15 is 0 Å². The number of hydrogen-bond donors (Lipinski definition) is 1. The second-order valence-electron chi connectivity index (χ2n) is 6.89. The summed E-state index contributed by atoms with van der Waals surface area (Å²) in [6.07, 6.45) is 1.05. The molecular formula is C20H30N2O7. The maximum Gasteiger partial charge on any atom is 0.325 e. The Hall–Kier alpha value is -2.68. The van der Waals surface area contributed by atoms with E-state index in [0.29, 0.717) is 5.92 Å². The van der Waals surface area contributed by atoms with Crippen molar-refractivity contribution >= 4 is 17.8 Å². The van der Waals surface area contributed by atoms with Gasteiger partial charge in [-0.1, -0.05) is 20.8 Å². The molecule has 0 aliphatic heterocycles. The molecule has 0 aliphatic carbocycles. The molecule has 0 saturated carbocycles. The highest BCUT2D eigenvalue weighted by Crippen LogP contribution is 2.29. The summed E-state index contributed by atoms with van der Waals surface area (Å²) in [4.78, 5) is 40.4. The maximum absolute atomic E-state index is 12.5. The number of carbonyl (C=O) groups is 3. The van der Waals surface area contributed by atoms with Gasteiger partial charge in [-0.05, 0) is 18.8 Å². The summed E-state index contributed by atoms with van der Waals surface area (Å²) in [5.41, 5.74) is -0.175. The molecule has 2 atom stereocenters. The molecule has 1 amide bonds. The molecule has 1 aromatic heterocycles. The van der Waals surface area contributed by atoms with Gasteiger partial charge in [-0.3, -0.25) is 14.4 Å². The fourth-order valence-corrected chi connectivity index (χ4v) is 2.34. The zero-order valence-electron chi connectivity index (χ0n) is 17.8. The zero-order chi connectivity index (χ0) is 22.0. The second-order valence-corrected chi connectivity index (χ2v) is 6.89. The van der Waals surface area contributed by atoms with Crippen LogP contribution in [0.3, 0.4) is 0 Å². The highest BCUT2D eigenvalue weighted by atomic mass is 16.6. The van der Waals surface area contributed by atoms with Crippen molar-refractivity contribution in [3.05, 3.63) is 18.0 Å². The lowest BCUT2D eigenvalue weighted by Crippen LogP contribution is -2.35. The van der Waals surface area contributed by atoms with Gasteiger partial charge in [0.1, 0.15) is 12.6 Å². The number of ether oxygens (including phenoxy) is 4. The molecule has 9 heteroatoms. The third kappa shape index (κ3) is 7.69. The topological polar surface area (TPSA) is 113 Å². The van der Waals surface area contributed by atoms with E-state index < -0.39 is 17.8 Å². The largest absolute Gasteiger partial charge is 0.493 e. The molecule has 0 saturated heterocycles. The van der Waals surface area contributed by atoms with Crippen molar-refractivity contribution < 1.29 is 33.3 Å². The summed E-state index contributed by atoms with van der Waals surface area (Å²) in [5, 5.41) is 2.43. The summed E-state index contributed by atoms with van der Waals surface area (Å²) in [7, 11) is 2.83. The van der Waals surface area contributed by atoms with E-state index in [1.165, 1.54) is 26.5 Å². The first-order chi connectivity index (χ1) is 13.7. The van der Waals surface area contributed by atoms with Crippen molar-refractivity contribution in [2.45, 2.75) is 40.2 Å². The van der Waals surface area contributed by atoms with Gasteiger partial charge in [0.2, 0.25) is 5.75 Å². The van der Waals surface area contributed by atoms with Crippen molar-refractivity contribution in [1.82, 2.24) is 10.3 Å². The normalized spacial score (nSPS) is 12.8. The van der Waals surface area contributed by atoms with Crippen LogP contribution in [0.1, 0.15) is 44.6 Å². The van der Waals surface area contributed by atoms with Crippen molar-refractivity contribution in [1.29, 1.82) is 0 Å². The fraction of sp³-hybridized carbons (Fsp3) is 0.600. The molecule has 1 N–H and O–H groups in total. The summed E-state index contributed by atoms with van der Waals surface area (Å²) in [5.74, 6) is -1.30. The Balaban J connectivity index is 2.80. The Kier molecular flexibility index (Phi) is 10.1. The van der Waals surface area contributed by atoms with Crippen LogP contribution in [-0.4, -0.2) is 56.3 Å². The minimum absolute atomic E-state index is 0.00609. The van der Waals surface area contributed by atoms with Crippen LogP contribution in [0.15, 0.2) is 12.3 Å². The lowest BCUT2D eigenvalue weighted by atomic mass is 9.93. The zero-order valence-corrected chi connectivity index (χ0v) is 17.8. The van der Waals surface area contributed by atoms with Gasteiger partial charge < -0.3 is 24.3 Å². The average Bonchev–Trinajstić information content (AvgIpc) is 2.69. The van der Waals surface area contributed by atoms with Crippen LogP contribution in [0.4, 0.5) is 0 Å². The molecule has 162 valence electrons. The van der Waals surface area contributed by atoms with E-state index in [9.17, 15) is 14.4 Å². The molecule has 0 radical (unpaired) electrons. The van der Waals surface area contributed by atoms with Crippen LogP contribution >= 0.6 is 0 Å². The van der Waals surface area contributed by atoms with E-state index in [-0.39, 0.29) is 48.8 Å². The summed E-state index contributed by atoms with van der Waals surface area (Å²) in [6.45, 7) is 7.71. The summed E-state index contributed by atoms with van der Waals surface area (Å²) >= 11 is 0. The molecule has 1 rings (SSSR count). The number of rotatable bonds is 11. The molecule has 0 spiro atoms. The highest BCUT2D eigenvalue weighted by molar-refractivity contribution is 5.98. The van der Waals surface area contributed by atoms with Crippen LogP contribution in [0.25, 0.3) is 0 Å². The molecular weight excluding hydrogens is 380 g/mol. The predicted molar refractivity (Wildman–Crippen MR) is 105 cm³/mol. The minimum Gasteiger partial charge on any atom is -0.493 e. The first-order valence-electron chi connectivity index (χ1n) is 9.41. The average molecular weight is 410 g/mol. The molecule has 0 aliphatic rings. The summed E-state index contributed by atoms with van der Waals surface area (Å²) < 4.78 is 20.6. The number of methoxy groups -OCH3 is 2. The summed E-state index contributed by atoms with van der Waals surface area (Å²) in [6, 6.07) is 1.46. The Morgan fingerprint density at radius 3 is 2.38 bits per heavy atom. The monoisotopic (exact) mass is 410 g/mol. The first kappa shape index (κ1) is 24.4. The van der Waals surface area contributed by atoms with E-state index in [2.05, 4.69) is 10.3 Å². The van der Waals surface area contributed by atoms with Crippen molar-refractivity contribution in [3.8, 4) is 11.5 Å². The number of pyridine rings is 1. The number of carbonyl (C=O) groups excluding carboxylic acids is 3. The second kappa shape index (κ2) is 12.0. The Labute approximate surface area is 171 Å². The van der Waals surface area contributed by atoms with Crippen LogP contribution in [0, 0.1) is 11.8 Å². The van der Waals surface area contributed by atoms with E-state index in [1.54, 1.807) is 0 Å². The van der Waals surface area contributed by atoms with Gasteiger partial charge >= 0.3 is 11.9 Å². The molecule has 0 bridgehead atoms. The van der Waals surface area contributed by atoms with Crippen molar-refractivity contribution in [3.63, 3.8) is 0 Å². The molecule has 0 aromatic carbocycles. The van der Waals surface area contributed by atoms with Crippen molar-refractivity contribution in [2.75, 3.05) is 27.4 Å². The molecule has 1 heterocycles. The fourth-order valence-electron chi connectivity index (χ4n) is 2.34. The molecule has 0 fully saturated rings. The van der Waals surface area contributed by atoms with E-state index in [4.69, 9.17) is 18.9 Å². The van der Waals surface area contributed by atoms with Gasteiger partial charge in [-0.25, -0.2) is 4.98 Å². The Morgan fingerprint density at radius 1 is 1.10 bits per heavy atom. The van der Waals surface area contributed by atoms with Gasteiger partial charge in [0.15, 0.2) is 11.4 Å². The lowest BCUT2D eigenvalue weighted by Gasteiger charge is -2.23. The van der Waals surface area contributed by atoms with E-state index in [0.717, 1.165) is 0 Å². The molecule has 9 nitrogen and oxygen atoms in total.